The maximum Gasteiger partial charge on any atom is -0.0533 e. The summed E-state index contributed by atoms with van der Waals surface area (Å²) in [7, 11) is 0. The van der Waals surface area contributed by atoms with Gasteiger partial charge in [0.25, 0.3) is 0 Å². The molecule has 0 spiro atoms. The summed E-state index contributed by atoms with van der Waals surface area (Å²) >= 11 is 0. The molecule has 0 aromatic heterocycles. The van der Waals surface area contributed by atoms with Crippen LogP contribution < -0.4 is 0 Å². The summed E-state index contributed by atoms with van der Waals surface area (Å²) in [4.78, 5) is 0. The molecule has 0 amide bonds. The van der Waals surface area contributed by atoms with Crippen LogP contribution >= 0.6 is 0 Å². The molecule has 1 rings (SSSR count). The van der Waals surface area contributed by atoms with Gasteiger partial charge >= 0.3 is 0 Å². The van der Waals surface area contributed by atoms with E-state index in [0.717, 1.165) is 0 Å². The van der Waals surface area contributed by atoms with Crippen molar-refractivity contribution in [2.24, 2.45) is 0 Å². The van der Waals surface area contributed by atoms with Crippen molar-refractivity contribution in [3.05, 3.63) is 0 Å². The molecule has 10 heavy (non-hydrogen) atoms. The van der Waals surface area contributed by atoms with E-state index >= 15 is 0 Å². The third-order valence-electron chi connectivity index (χ3n) is 2.00. The van der Waals surface area contributed by atoms with Crippen LogP contribution in [0.4, 0.5) is 0 Å². The summed E-state index contributed by atoms with van der Waals surface area (Å²) in [5.74, 6) is 0. The van der Waals surface area contributed by atoms with Crippen LogP contribution in [0.25, 0.3) is 0 Å². The van der Waals surface area contributed by atoms with Crippen LogP contribution in [0.2, 0.25) is 0 Å². The summed E-state index contributed by atoms with van der Waals surface area (Å²) in [5, 5.41) is 0. The molecule has 0 aromatic carbocycles. The maximum atomic E-state index is 2.18. The topological polar surface area (TPSA) is 0 Å². The highest BCUT2D eigenvalue weighted by atomic mass is 14.0. The van der Waals surface area contributed by atoms with Crippen LogP contribution in [0.15, 0.2) is 0 Å². The summed E-state index contributed by atoms with van der Waals surface area (Å²) in [6, 6.07) is 0. The monoisotopic (exact) mass is 142 g/mol. The highest BCUT2D eigenvalue weighted by molar-refractivity contribution is 4.51. The van der Waals surface area contributed by atoms with Crippen LogP contribution in [0, 0.1) is 0 Å². The van der Waals surface area contributed by atoms with Crippen LogP contribution in [-0.2, 0) is 0 Å². The van der Waals surface area contributed by atoms with Gasteiger partial charge < -0.3 is 0 Å². The zero-order valence-electron chi connectivity index (χ0n) is 7.66. The minimum atomic E-state index is 1.32. The first kappa shape index (κ1) is 10.0. The van der Waals surface area contributed by atoms with Crippen LogP contribution in [0.1, 0.15) is 65.2 Å². The Kier molecular flexibility index (Phi) is 9.00. The highest BCUT2D eigenvalue weighted by Crippen LogP contribution is 2.15. The van der Waals surface area contributed by atoms with E-state index in [1.165, 1.54) is 51.4 Å². The van der Waals surface area contributed by atoms with E-state index in [4.69, 9.17) is 0 Å². The largest absolute Gasteiger partial charge is 0.0654 e. The first-order valence-corrected chi connectivity index (χ1v) is 4.91. The molecule has 0 aliphatic heterocycles. The van der Waals surface area contributed by atoms with Gasteiger partial charge in [-0.15, -0.1) is 0 Å². The molecular formula is C10H22. The third-order valence-corrected chi connectivity index (χ3v) is 2.00. The highest BCUT2D eigenvalue weighted by Gasteiger charge is 1.95. The van der Waals surface area contributed by atoms with Crippen molar-refractivity contribution in [2.75, 3.05) is 0 Å². The van der Waals surface area contributed by atoms with Gasteiger partial charge in [0.1, 0.15) is 0 Å². The second kappa shape index (κ2) is 9.00. The Balaban J connectivity index is 0.000000180. The van der Waals surface area contributed by atoms with Gasteiger partial charge in [0.05, 0.1) is 0 Å². The molecule has 62 valence electrons. The van der Waals surface area contributed by atoms with Gasteiger partial charge in [-0.3, -0.25) is 0 Å². The lowest BCUT2D eigenvalue weighted by Crippen LogP contribution is -1.85. The fourth-order valence-electron chi connectivity index (χ4n) is 1.06. The van der Waals surface area contributed by atoms with Crippen LogP contribution in [0.5, 0.6) is 0 Å². The summed E-state index contributed by atoms with van der Waals surface area (Å²) in [5.41, 5.74) is 0. The van der Waals surface area contributed by atoms with Gasteiger partial charge in [0.2, 0.25) is 0 Å². The summed E-state index contributed by atoms with van der Waals surface area (Å²) < 4.78 is 0. The van der Waals surface area contributed by atoms with E-state index in [1.54, 1.807) is 0 Å². The molecule has 0 N–H and O–H groups in total. The molecule has 0 radical (unpaired) electrons. The van der Waals surface area contributed by atoms with E-state index in [1.807, 2.05) is 0 Å². The van der Waals surface area contributed by atoms with Gasteiger partial charge in [0, 0.05) is 0 Å². The normalized spacial score (nSPS) is 17.4. The molecule has 0 heteroatoms. The standard InChI is InChI=1S/C6H12.C4H10/c1-2-4-6-5-3-1;1-3-4-2/h1-6H2;3-4H2,1-2H3. The number of unbranched alkanes of at least 4 members (excludes halogenated alkanes) is 1. The maximum absolute atomic E-state index is 2.18. The third kappa shape index (κ3) is 8.00. The molecule has 1 fully saturated rings. The minimum Gasteiger partial charge on any atom is -0.0654 e. The van der Waals surface area contributed by atoms with Gasteiger partial charge in [-0.25, -0.2) is 0 Å². The van der Waals surface area contributed by atoms with Gasteiger partial charge in [-0.2, -0.15) is 0 Å². The van der Waals surface area contributed by atoms with Gasteiger partial charge in [-0.05, 0) is 0 Å². The zero-order valence-corrected chi connectivity index (χ0v) is 7.66. The predicted octanol–water partition coefficient (Wildman–Crippen LogP) is 4.15. The molecule has 0 nitrogen and oxygen atoms in total. The second-order valence-electron chi connectivity index (χ2n) is 3.12. The van der Waals surface area contributed by atoms with E-state index < -0.39 is 0 Å². The Morgan fingerprint density at radius 1 is 0.600 bits per heavy atom. The predicted molar refractivity (Wildman–Crippen MR) is 48.3 cm³/mol. The van der Waals surface area contributed by atoms with Crippen molar-refractivity contribution in [1.82, 2.24) is 0 Å². The molecule has 0 atom stereocenters. The Labute approximate surface area is 66.0 Å². The molecular weight excluding hydrogens is 120 g/mol. The smallest absolute Gasteiger partial charge is 0.0533 e. The molecule has 0 saturated heterocycles. The Morgan fingerprint density at radius 2 is 0.800 bits per heavy atom. The summed E-state index contributed by atoms with van der Waals surface area (Å²) in [6.07, 6.45) is 11.6. The van der Waals surface area contributed by atoms with Crippen molar-refractivity contribution in [3.8, 4) is 0 Å². The molecule has 1 aliphatic carbocycles. The minimum absolute atomic E-state index is 1.32. The zero-order chi connectivity index (χ0) is 7.66. The molecule has 0 heterocycles. The first-order valence-electron chi connectivity index (χ1n) is 4.91. The van der Waals surface area contributed by atoms with E-state index in [2.05, 4.69) is 13.8 Å². The number of hydrogen-bond acceptors (Lipinski definition) is 0. The summed E-state index contributed by atoms with van der Waals surface area (Å²) in [6.45, 7) is 4.36. The quantitative estimate of drug-likeness (QED) is 0.516. The Bertz CT molecular complexity index is 30.5. The lowest BCUT2D eigenvalue weighted by atomic mass is 10.0. The first-order chi connectivity index (χ1) is 4.91. The van der Waals surface area contributed by atoms with Crippen molar-refractivity contribution in [2.45, 2.75) is 65.2 Å². The van der Waals surface area contributed by atoms with Crippen LogP contribution in [0.3, 0.4) is 0 Å². The van der Waals surface area contributed by atoms with Crippen molar-refractivity contribution < 1.29 is 0 Å². The average molecular weight is 142 g/mol. The molecule has 0 aromatic rings. The van der Waals surface area contributed by atoms with Crippen molar-refractivity contribution in [3.63, 3.8) is 0 Å². The molecule has 0 bridgehead atoms. The van der Waals surface area contributed by atoms with Crippen molar-refractivity contribution >= 4 is 0 Å². The second-order valence-corrected chi connectivity index (χ2v) is 3.12. The fourth-order valence-corrected chi connectivity index (χ4v) is 1.06. The van der Waals surface area contributed by atoms with E-state index in [9.17, 15) is 0 Å². The number of hydrogen-bond donors (Lipinski definition) is 0. The molecule has 1 aliphatic rings. The average Bonchev–Trinajstić information content (AvgIpc) is 2.08. The SMILES string of the molecule is C1CCCCC1.CCCC. The Morgan fingerprint density at radius 3 is 0.900 bits per heavy atom. The fraction of sp³-hybridized carbons (Fsp3) is 1.00. The van der Waals surface area contributed by atoms with E-state index in [0.29, 0.717) is 0 Å². The Hall–Kier alpha value is 0. The number of rotatable bonds is 1. The van der Waals surface area contributed by atoms with Crippen molar-refractivity contribution in [1.29, 1.82) is 0 Å². The lowest BCUT2D eigenvalue weighted by molar-refractivity contribution is 0.504. The molecule has 1 saturated carbocycles. The van der Waals surface area contributed by atoms with Gasteiger partial charge in [0.15, 0.2) is 0 Å². The van der Waals surface area contributed by atoms with Crippen LogP contribution in [-0.4, -0.2) is 0 Å². The van der Waals surface area contributed by atoms with E-state index in [-0.39, 0.29) is 0 Å². The molecule has 0 unspecified atom stereocenters. The van der Waals surface area contributed by atoms with Gasteiger partial charge in [-0.1, -0.05) is 65.2 Å². The lowest BCUT2D eigenvalue weighted by Gasteiger charge is -2.05.